The van der Waals surface area contributed by atoms with Gasteiger partial charge in [-0.05, 0) is 43.2 Å². The van der Waals surface area contributed by atoms with E-state index in [-0.39, 0.29) is 5.69 Å². The number of hydrogen-bond donors (Lipinski definition) is 0. The Balaban J connectivity index is 1.91. The van der Waals surface area contributed by atoms with E-state index in [1.807, 2.05) is 38.1 Å². The van der Waals surface area contributed by atoms with E-state index in [4.69, 9.17) is 4.84 Å². The van der Waals surface area contributed by atoms with Crippen molar-refractivity contribution in [3.05, 3.63) is 109 Å². The molecule has 3 aromatic rings. The van der Waals surface area contributed by atoms with Crippen molar-refractivity contribution in [2.45, 2.75) is 20.3 Å². The van der Waals surface area contributed by atoms with Crippen LogP contribution in [0.1, 0.15) is 32.6 Å². The highest BCUT2D eigenvalue weighted by molar-refractivity contribution is 9.10. The summed E-state index contributed by atoms with van der Waals surface area (Å²) in [5, 5.41) is 15.1. The number of nitro groups is 1. The van der Waals surface area contributed by atoms with Crippen LogP contribution in [0.4, 0.5) is 5.69 Å². The van der Waals surface area contributed by atoms with Crippen LogP contribution in [-0.2, 0) is 11.3 Å². The van der Waals surface area contributed by atoms with Crippen molar-refractivity contribution < 1.29 is 14.6 Å². The smallest absolute Gasteiger partial charge is 0.313 e. The maximum absolute atomic E-state index is 12.4. The lowest BCUT2D eigenvalue weighted by Gasteiger charge is -2.11. The number of benzene rings is 3. The summed E-state index contributed by atoms with van der Waals surface area (Å²) in [5.74, 6) is -0.567. The zero-order valence-corrected chi connectivity index (χ0v) is 18.0. The molecule has 0 heterocycles. The largest absolute Gasteiger partial charge is 0.365 e. The molecule has 0 aromatic heterocycles. The summed E-state index contributed by atoms with van der Waals surface area (Å²) >= 11 is 3.33. The summed E-state index contributed by atoms with van der Waals surface area (Å²) in [6.45, 7) is 3.96. The molecule has 0 fully saturated rings. The Morgan fingerprint density at radius 3 is 2.43 bits per heavy atom. The number of nitro benzene ring substituents is 1. The predicted octanol–water partition coefficient (Wildman–Crippen LogP) is 5.78. The molecule has 0 saturated heterocycles. The number of carbonyl (C=O) groups is 1. The number of halogens is 1. The summed E-state index contributed by atoms with van der Waals surface area (Å²) in [5.41, 5.74) is 4.73. The van der Waals surface area contributed by atoms with Gasteiger partial charge < -0.3 is 4.84 Å². The number of carbonyl (C=O) groups excluding carboxylic acids is 1. The lowest BCUT2D eigenvalue weighted by atomic mass is 9.97. The highest BCUT2D eigenvalue weighted by Crippen LogP contribution is 2.18. The molecule has 0 N–H and O–H groups in total. The second-order valence-corrected chi connectivity index (χ2v) is 7.76. The van der Waals surface area contributed by atoms with Crippen LogP contribution in [0.2, 0.25) is 0 Å². The molecule has 0 aliphatic rings. The minimum Gasteiger partial charge on any atom is -0.313 e. The zero-order chi connectivity index (χ0) is 21.7. The highest BCUT2D eigenvalue weighted by atomic mass is 79.9. The lowest BCUT2D eigenvalue weighted by molar-refractivity contribution is -0.384. The Hall–Kier alpha value is -3.32. The van der Waals surface area contributed by atoms with Gasteiger partial charge in [0.2, 0.25) is 0 Å². The first-order valence-electron chi connectivity index (χ1n) is 9.18. The first-order chi connectivity index (χ1) is 14.3. The molecule has 0 saturated carbocycles. The molecule has 0 unspecified atom stereocenters. The second kappa shape index (κ2) is 9.45. The van der Waals surface area contributed by atoms with Crippen LogP contribution < -0.4 is 0 Å². The Bertz CT molecular complexity index is 1120. The van der Waals surface area contributed by atoms with E-state index in [0.29, 0.717) is 17.7 Å². The minimum atomic E-state index is -0.567. The maximum atomic E-state index is 12.4. The topological polar surface area (TPSA) is 81.8 Å². The second-order valence-electron chi connectivity index (χ2n) is 6.85. The van der Waals surface area contributed by atoms with Gasteiger partial charge in [-0.15, -0.1) is 0 Å². The van der Waals surface area contributed by atoms with Gasteiger partial charge in [-0.1, -0.05) is 63.0 Å². The van der Waals surface area contributed by atoms with Gasteiger partial charge in [0.15, 0.2) is 0 Å². The van der Waals surface area contributed by atoms with E-state index in [2.05, 4.69) is 21.1 Å². The molecule has 0 aliphatic heterocycles. The average Bonchev–Trinajstić information content (AvgIpc) is 2.71. The van der Waals surface area contributed by atoms with Crippen LogP contribution in [0.3, 0.4) is 0 Å². The maximum Gasteiger partial charge on any atom is 0.365 e. The number of non-ortho nitro benzene ring substituents is 1. The molecule has 152 valence electrons. The molecule has 30 heavy (non-hydrogen) atoms. The quantitative estimate of drug-likeness (QED) is 0.199. The van der Waals surface area contributed by atoms with Gasteiger partial charge in [-0.2, -0.15) is 0 Å². The van der Waals surface area contributed by atoms with E-state index in [1.54, 1.807) is 30.3 Å². The normalized spacial score (nSPS) is 11.2. The van der Waals surface area contributed by atoms with Gasteiger partial charge in [0.1, 0.15) is 0 Å². The van der Waals surface area contributed by atoms with E-state index >= 15 is 0 Å². The van der Waals surface area contributed by atoms with Crippen molar-refractivity contribution in [1.29, 1.82) is 0 Å². The molecule has 6 nitrogen and oxygen atoms in total. The fourth-order valence-corrected chi connectivity index (χ4v) is 3.41. The fraction of sp³-hybridized carbons (Fsp3) is 0.130. The van der Waals surface area contributed by atoms with Gasteiger partial charge >= 0.3 is 5.97 Å². The average molecular weight is 467 g/mol. The predicted molar refractivity (Wildman–Crippen MR) is 119 cm³/mol. The van der Waals surface area contributed by atoms with Crippen LogP contribution in [0.15, 0.2) is 76.4 Å². The molecular formula is C23H19BrN2O4. The van der Waals surface area contributed by atoms with Crippen LogP contribution in [0, 0.1) is 24.0 Å². The molecule has 3 aromatic carbocycles. The third kappa shape index (κ3) is 5.39. The van der Waals surface area contributed by atoms with Crippen LogP contribution in [-0.4, -0.2) is 16.6 Å². The minimum absolute atomic E-state index is 0.0184. The van der Waals surface area contributed by atoms with Gasteiger partial charge in [0, 0.05) is 28.6 Å². The summed E-state index contributed by atoms with van der Waals surface area (Å²) in [7, 11) is 0. The first-order valence-corrected chi connectivity index (χ1v) is 9.97. The SMILES string of the molecule is Cc1ccc(/C(Cc2ccc([N+](=O)[O-])cc2)=N/OC(=O)c2cccc(Br)c2)c(C)c1. The van der Waals surface area contributed by atoms with Crippen molar-refractivity contribution in [2.24, 2.45) is 5.16 Å². The van der Waals surface area contributed by atoms with Crippen molar-refractivity contribution in [3.8, 4) is 0 Å². The summed E-state index contributed by atoms with van der Waals surface area (Å²) in [4.78, 5) is 28.1. The van der Waals surface area contributed by atoms with E-state index in [0.717, 1.165) is 26.7 Å². The number of rotatable bonds is 6. The van der Waals surface area contributed by atoms with Crippen molar-refractivity contribution in [1.82, 2.24) is 0 Å². The van der Waals surface area contributed by atoms with Gasteiger partial charge in [-0.25, -0.2) is 4.79 Å². The molecule has 0 aliphatic carbocycles. The van der Waals surface area contributed by atoms with Crippen molar-refractivity contribution in [2.75, 3.05) is 0 Å². The Morgan fingerprint density at radius 1 is 1.07 bits per heavy atom. The van der Waals surface area contributed by atoms with E-state index in [9.17, 15) is 14.9 Å². The highest BCUT2D eigenvalue weighted by Gasteiger charge is 2.14. The lowest BCUT2D eigenvalue weighted by Crippen LogP contribution is -2.11. The number of nitrogens with zero attached hydrogens (tertiary/aromatic N) is 2. The standard InChI is InChI=1S/C23H19BrN2O4/c1-15-6-11-21(16(2)12-15)22(13-17-7-9-20(10-8-17)26(28)29)25-30-23(27)18-4-3-5-19(24)14-18/h3-12,14H,13H2,1-2H3/b25-22+. The zero-order valence-electron chi connectivity index (χ0n) is 16.5. The Kier molecular flexibility index (Phi) is 6.74. The number of oxime groups is 1. The molecule has 0 radical (unpaired) electrons. The third-order valence-corrected chi connectivity index (χ3v) is 5.00. The molecule has 0 amide bonds. The van der Waals surface area contributed by atoms with Crippen LogP contribution >= 0.6 is 15.9 Å². The molecule has 7 heteroatoms. The number of aryl methyl sites for hydroxylation is 2. The molecule has 0 atom stereocenters. The van der Waals surface area contributed by atoms with E-state index in [1.165, 1.54) is 12.1 Å². The van der Waals surface area contributed by atoms with Crippen LogP contribution in [0.25, 0.3) is 0 Å². The fourth-order valence-electron chi connectivity index (χ4n) is 3.01. The molecule has 3 rings (SSSR count). The third-order valence-electron chi connectivity index (χ3n) is 4.51. The number of hydrogen-bond acceptors (Lipinski definition) is 5. The van der Waals surface area contributed by atoms with Gasteiger partial charge in [-0.3, -0.25) is 10.1 Å². The van der Waals surface area contributed by atoms with Crippen molar-refractivity contribution >= 4 is 33.3 Å². The monoisotopic (exact) mass is 466 g/mol. The summed E-state index contributed by atoms with van der Waals surface area (Å²) in [6, 6.07) is 19.0. The van der Waals surface area contributed by atoms with Gasteiger partial charge in [0.05, 0.1) is 16.2 Å². The first kappa shape index (κ1) is 21.4. The molecular weight excluding hydrogens is 448 g/mol. The van der Waals surface area contributed by atoms with Crippen LogP contribution in [0.5, 0.6) is 0 Å². The van der Waals surface area contributed by atoms with Gasteiger partial charge in [0.25, 0.3) is 5.69 Å². The Morgan fingerprint density at radius 2 is 1.80 bits per heavy atom. The van der Waals surface area contributed by atoms with Crippen molar-refractivity contribution in [3.63, 3.8) is 0 Å². The molecule has 0 spiro atoms. The summed E-state index contributed by atoms with van der Waals surface area (Å²) < 4.78 is 0.765. The summed E-state index contributed by atoms with van der Waals surface area (Å²) in [6.07, 6.45) is 0.355. The van der Waals surface area contributed by atoms with E-state index < -0.39 is 10.9 Å². The molecule has 0 bridgehead atoms. The Labute approximate surface area is 182 Å².